The highest BCUT2D eigenvalue weighted by atomic mass is 16.5. The molecular weight excluding hydrogens is 250 g/mol. The lowest BCUT2D eigenvalue weighted by atomic mass is 9.92. The Balaban J connectivity index is 1.59. The number of allylic oxidation sites excluding steroid dienone is 2. The molecule has 1 N–H and O–H groups in total. The molecule has 1 fully saturated rings. The van der Waals surface area contributed by atoms with E-state index in [1.165, 1.54) is 31.2 Å². The number of nitrogens with one attached hydrogen (secondary N) is 1. The summed E-state index contributed by atoms with van der Waals surface area (Å²) in [6, 6.07) is 0.429. The van der Waals surface area contributed by atoms with Crippen LogP contribution in [0.1, 0.15) is 43.8 Å². The summed E-state index contributed by atoms with van der Waals surface area (Å²) in [5.41, 5.74) is 1.20. The normalized spacial score (nSPS) is 30.6. The number of hydrogen-bond acceptors (Lipinski definition) is 3. The van der Waals surface area contributed by atoms with Crippen LogP contribution in [-0.2, 0) is 11.8 Å². The Morgan fingerprint density at radius 3 is 3.10 bits per heavy atom. The molecule has 0 spiro atoms. The zero-order chi connectivity index (χ0) is 13.8. The van der Waals surface area contributed by atoms with Gasteiger partial charge in [-0.15, -0.1) is 0 Å². The predicted molar refractivity (Wildman–Crippen MR) is 79.4 cm³/mol. The number of nitrogens with zero attached hydrogens (tertiary/aromatic N) is 2. The van der Waals surface area contributed by atoms with E-state index < -0.39 is 0 Å². The summed E-state index contributed by atoms with van der Waals surface area (Å²) < 4.78 is 7.86. The zero-order valence-electron chi connectivity index (χ0n) is 12.3. The molecule has 0 aromatic carbocycles. The van der Waals surface area contributed by atoms with E-state index in [9.17, 15) is 0 Å². The van der Waals surface area contributed by atoms with Crippen LogP contribution in [-0.4, -0.2) is 29.0 Å². The Kier molecular flexibility index (Phi) is 4.53. The lowest BCUT2D eigenvalue weighted by Crippen LogP contribution is -2.41. The molecule has 1 aromatic heterocycles. The highest BCUT2D eigenvalue weighted by Crippen LogP contribution is 2.28. The van der Waals surface area contributed by atoms with Gasteiger partial charge in [0.05, 0.1) is 6.20 Å². The topological polar surface area (TPSA) is 39.1 Å². The average molecular weight is 275 g/mol. The van der Waals surface area contributed by atoms with Crippen molar-refractivity contribution in [3.05, 3.63) is 30.1 Å². The van der Waals surface area contributed by atoms with E-state index in [4.69, 9.17) is 4.74 Å². The monoisotopic (exact) mass is 275 g/mol. The number of rotatable bonds is 4. The molecule has 4 heteroatoms. The molecule has 2 aliphatic rings. The summed E-state index contributed by atoms with van der Waals surface area (Å²) in [6.45, 7) is 1.97. The minimum atomic E-state index is 0.164. The van der Waals surface area contributed by atoms with Crippen LogP contribution < -0.4 is 5.32 Å². The van der Waals surface area contributed by atoms with Crippen LogP contribution >= 0.6 is 0 Å². The van der Waals surface area contributed by atoms with Gasteiger partial charge in [0.1, 0.15) is 6.10 Å². The van der Waals surface area contributed by atoms with Gasteiger partial charge >= 0.3 is 0 Å². The van der Waals surface area contributed by atoms with Crippen LogP contribution in [0.3, 0.4) is 0 Å². The lowest BCUT2D eigenvalue weighted by Gasteiger charge is -2.33. The summed E-state index contributed by atoms with van der Waals surface area (Å²) in [7, 11) is 1.96. The van der Waals surface area contributed by atoms with E-state index in [1.54, 1.807) is 0 Å². The highest BCUT2D eigenvalue weighted by Gasteiger charge is 2.28. The number of hydrogen-bond donors (Lipinski definition) is 1. The van der Waals surface area contributed by atoms with E-state index in [-0.39, 0.29) is 6.10 Å². The lowest BCUT2D eigenvalue weighted by molar-refractivity contribution is -0.0117. The SMILES string of the molecule is Cn1cc([C@H]2OCCC[C@@H]2NCC2CC=CCC2)cn1. The number of ether oxygens (including phenoxy) is 1. The van der Waals surface area contributed by atoms with E-state index in [1.807, 2.05) is 17.9 Å². The first-order valence-electron chi connectivity index (χ1n) is 7.81. The van der Waals surface area contributed by atoms with Crippen molar-refractivity contribution in [3.8, 4) is 0 Å². The Morgan fingerprint density at radius 2 is 2.35 bits per heavy atom. The maximum Gasteiger partial charge on any atom is 0.101 e. The summed E-state index contributed by atoms with van der Waals surface area (Å²) in [6.07, 6.45) is 14.9. The van der Waals surface area contributed by atoms with Crippen molar-refractivity contribution in [3.63, 3.8) is 0 Å². The quantitative estimate of drug-likeness (QED) is 0.858. The minimum absolute atomic E-state index is 0.164. The summed E-state index contributed by atoms with van der Waals surface area (Å²) >= 11 is 0. The summed E-state index contributed by atoms with van der Waals surface area (Å²) in [5, 5.41) is 8.03. The third-order valence-electron chi connectivity index (χ3n) is 4.42. The molecule has 0 radical (unpaired) electrons. The van der Waals surface area contributed by atoms with E-state index in [0.717, 1.165) is 25.5 Å². The van der Waals surface area contributed by atoms with Gasteiger partial charge in [0.2, 0.25) is 0 Å². The van der Waals surface area contributed by atoms with Crippen molar-refractivity contribution in [2.75, 3.05) is 13.2 Å². The Bertz CT molecular complexity index is 454. The molecule has 1 aromatic rings. The van der Waals surface area contributed by atoms with Crippen LogP contribution in [0.25, 0.3) is 0 Å². The Labute approximate surface area is 121 Å². The van der Waals surface area contributed by atoms with Crippen molar-refractivity contribution in [1.29, 1.82) is 0 Å². The van der Waals surface area contributed by atoms with Gasteiger partial charge in [0.25, 0.3) is 0 Å². The first-order chi connectivity index (χ1) is 9.83. The van der Waals surface area contributed by atoms with Gasteiger partial charge in [-0.25, -0.2) is 0 Å². The molecule has 0 bridgehead atoms. The van der Waals surface area contributed by atoms with Crippen LogP contribution in [0.2, 0.25) is 0 Å². The van der Waals surface area contributed by atoms with Crippen LogP contribution in [0.15, 0.2) is 24.5 Å². The van der Waals surface area contributed by atoms with E-state index in [2.05, 4.69) is 28.8 Å². The van der Waals surface area contributed by atoms with Gasteiger partial charge < -0.3 is 10.1 Å². The molecule has 3 rings (SSSR count). The molecule has 3 atom stereocenters. The second-order valence-corrected chi connectivity index (χ2v) is 6.05. The molecule has 2 heterocycles. The highest BCUT2D eigenvalue weighted by molar-refractivity contribution is 5.12. The molecule has 0 saturated carbocycles. The van der Waals surface area contributed by atoms with E-state index >= 15 is 0 Å². The van der Waals surface area contributed by atoms with Gasteiger partial charge in [-0.3, -0.25) is 4.68 Å². The van der Waals surface area contributed by atoms with Gasteiger partial charge in [-0.05, 0) is 44.6 Å². The van der Waals surface area contributed by atoms with Crippen molar-refractivity contribution < 1.29 is 4.74 Å². The third-order valence-corrected chi connectivity index (χ3v) is 4.42. The molecule has 1 unspecified atom stereocenters. The Hall–Kier alpha value is -1.13. The fourth-order valence-electron chi connectivity index (χ4n) is 3.27. The van der Waals surface area contributed by atoms with Gasteiger partial charge in [-0.2, -0.15) is 5.10 Å². The van der Waals surface area contributed by atoms with Crippen molar-refractivity contribution >= 4 is 0 Å². The van der Waals surface area contributed by atoms with Crippen LogP contribution in [0.4, 0.5) is 0 Å². The molecule has 110 valence electrons. The van der Waals surface area contributed by atoms with Gasteiger partial charge in [-0.1, -0.05) is 12.2 Å². The van der Waals surface area contributed by atoms with Crippen molar-refractivity contribution in [2.45, 2.75) is 44.2 Å². The second-order valence-electron chi connectivity index (χ2n) is 6.05. The van der Waals surface area contributed by atoms with Gasteiger partial charge in [0.15, 0.2) is 0 Å². The van der Waals surface area contributed by atoms with E-state index in [0.29, 0.717) is 6.04 Å². The first-order valence-corrected chi connectivity index (χ1v) is 7.81. The fraction of sp³-hybridized carbons (Fsp3) is 0.688. The molecule has 1 aliphatic heterocycles. The summed E-state index contributed by atoms with van der Waals surface area (Å²) in [4.78, 5) is 0. The molecule has 0 amide bonds. The van der Waals surface area contributed by atoms with Gasteiger partial charge in [0, 0.05) is 31.5 Å². The van der Waals surface area contributed by atoms with Crippen molar-refractivity contribution in [1.82, 2.24) is 15.1 Å². The number of aromatic nitrogens is 2. The van der Waals surface area contributed by atoms with Crippen molar-refractivity contribution in [2.24, 2.45) is 13.0 Å². The molecule has 1 saturated heterocycles. The third kappa shape index (κ3) is 3.30. The fourth-order valence-corrected chi connectivity index (χ4v) is 3.27. The largest absolute Gasteiger partial charge is 0.372 e. The summed E-state index contributed by atoms with van der Waals surface area (Å²) in [5.74, 6) is 0.788. The standard InChI is InChI=1S/C16H25N3O/c1-19-12-14(11-18-19)16-15(8-5-9-20-16)17-10-13-6-3-2-4-7-13/h2-3,11-13,15-17H,4-10H2,1H3/t13?,15-,16+/m0/s1. The van der Waals surface area contributed by atoms with Crippen LogP contribution in [0, 0.1) is 5.92 Å². The Morgan fingerprint density at radius 1 is 1.40 bits per heavy atom. The maximum absolute atomic E-state index is 6.00. The zero-order valence-corrected chi connectivity index (χ0v) is 12.3. The average Bonchev–Trinajstić information content (AvgIpc) is 2.93. The molecule has 20 heavy (non-hydrogen) atoms. The number of aryl methyl sites for hydroxylation is 1. The van der Waals surface area contributed by atoms with Crippen LogP contribution in [0.5, 0.6) is 0 Å². The maximum atomic E-state index is 6.00. The second kappa shape index (κ2) is 6.55. The predicted octanol–water partition coefficient (Wildman–Crippen LogP) is 2.59. The molecule has 4 nitrogen and oxygen atoms in total. The minimum Gasteiger partial charge on any atom is -0.372 e. The smallest absolute Gasteiger partial charge is 0.101 e. The molecular formula is C16H25N3O. The molecule has 1 aliphatic carbocycles. The first kappa shape index (κ1) is 13.8.